The van der Waals surface area contributed by atoms with Gasteiger partial charge in [0.25, 0.3) is 0 Å². The molecule has 0 spiro atoms. The Balaban J connectivity index is 2.00. The lowest BCUT2D eigenvalue weighted by Crippen LogP contribution is -2.26. The van der Waals surface area contributed by atoms with Crippen LogP contribution in [0.25, 0.3) is 0 Å². The van der Waals surface area contributed by atoms with E-state index in [9.17, 15) is 13.2 Å². The largest absolute Gasteiger partial charge is 0.353 e. The van der Waals surface area contributed by atoms with Crippen molar-refractivity contribution in [1.29, 1.82) is 0 Å². The summed E-state index contributed by atoms with van der Waals surface area (Å²) in [6.45, 7) is 0. The number of benzene rings is 1. The van der Waals surface area contributed by atoms with Crippen LogP contribution in [0.5, 0.6) is 0 Å². The van der Waals surface area contributed by atoms with E-state index in [2.05, 4.69) is 5.32 Å². The van der Waals surface area contributed by atoms with Crippen molar-refractivity contribution in [3.8, 4) is 0 Å². The van der Waals surface area contributed by atoms with Crippen molar-refractivity contribution in [3.63, 3.8) is 0 Å². The molecule has 0 atom stereocenters. The van der Waals surface area contributed by atoms with Gasteiger partial charge in [-0.3, -0.25) is 4.79 Å². The number of rotatable bonds is 4. The zero-order valence-electron chi connectivity index (χ0n) is 9.64. The van der Waals surface area contributed by atoms with E-state index in [-0.39, 0.29) is 10.8 Å². The van der Waals surface area contributed by atoms with Gasteiger partial charge in [-0.05, 0) is 30.5 Å². The molecule has 0 bridgehead atoms. The maximum absolute atomic E-state index is 11.5. The van der Waals surface area contributed by atoms with Crippen molar-refractivity contribution < 1.29 is 13.2 Å². The molecule has 1 N–H and O–H groups in total. The number of sulfone groups is 1. The van der Waals surface area contributed by atoms with Gasteiger partial charge in [0.1, 0.15) is 0 Å². The van der Waals surface area contributed by atoms with E-state index >= 15 is 0 Å². The average molecular weight is 253 g/mol. The van der Waals surface area contributed by atoms with Crippen molar-refractivity contribution in [2.75, 3.05) is 6.26 Å². The summed E-state index contributed by atoms with van der Waals surface area (Å²) in [5.41, 5.74) is 0.829. The van der Waals surface area contributed by atoms with Gasteiger partial charge >= 0.3 is 0 Å². The summed E-state index contributed by atoms with van der Waals surface area (Å²) in [5, 5.41) is 2.89. The van der Waals surface area contributed by atoms with Gasteiger partial charge < -0.3 is 5.32 Å². The molecule has 0 unspecified atom stereocenters. The predicted molar refractivity (Wildman–Crippen MR) is 64.4 cm³/mol. The van der Waals surface area contributed by atoms with Crippen molar-refractivity contribution in [1.82, 2.24) is 5.32 Å². The van der Waals surface area contributed by atoms with Crippen molar-refractivity contribution in [3.05, 3.63) is 29.8 Å². The average Bonchev–Trinajstić information content (AvgIpc) is 3.01. The van der Waals surface area contributed by atoms with E-state index in [0.717, 1.165) is 18.4 Å². The highest BCUT2D eigenvalue weighted by Gasteiger charge is 2.23. The van der Waals surface area contributed by atoms with E-state index in [0.29, 0.717) is 12.5 Å². The number of hydrogen-bond donors (Lipinski definition) is 1. The van der Waals surface area contributed by atoms with E-state index in [1.165, 1.54) is 18.4 Å². The third kappa shape index (κ3) is 3.56. The van der Waals surface area contributed by atoms with Gasteiger partial charge in [0.2, 0.25) is 5.91 Å². The number of carbonyl (C=O) groups excluding carboxylic acids is 1. The lowest BCUT2D eigenvalue weighted by atomic mass is 10.1. The molecule has 92 valence electrons. The Morgan fingerprint density at radius 2 is 1.88 bits per heavy atom. The van der Waals surface area contributed by atoms with Gasteiger partial charge in [0.05, 0.1) is 11.3 Å². The first-order valence-corrected chi connectivity index (χ1v) is 7.42. The van der Waals surface area contributed by atoms with Gasteiger partial charge in [-0.2, -0.15) is 0 Å². The van der Waals surface area contributed by atoms with Crippen LogP contribution in [0, 0.1) is 0 Å². The Labute approximate surface area is 101 Å². The summed E-state index contributed by atoms with van der Waals surface area (Å²) < 4.78 is 22.5. The van der Waals surface area contributed by atoms with E-state index < -0.39 is 9.84 Å². The molecule has 0 aromatic heterocycles. The highest BCUT2D eigenvalue weighted by molar-refractivity contribution is 7.90. The number of hydrogen-bond acceptors (Lipinski definition) is 3. The van der Waals surface area contributed by atoms with Crippen LogP contribution in [0.15, 0.2) is 29.2 Å². The third-order valence-corrected chi connectivity index (χ3v) is 3.79. The third-order valence-electron chi connectivity index (χ3n) is 2.66. The van der Waals surface area contributed by atoms with Crippen LogP contribution in [0.2, 0.25) is 0 Å². The summed E-state index contributed by atoms with van der Waals surface area (Å²) >= 11 is 0. The fourth-order valence-electron chi connectivity index (χ4n) is 1.55. The van der Waals surface area contributed by atoms with Crippen LogP contribution >= 0.6 is 0 Å². The van der Waals surface area contributed by atoms with E-state index in [1.54, 1.807) is 12.1 Å². The molecular formula is C12H15NO3S. The minimum atomic E-state index is -3.16. The van der Waals surface area contributed by atoms with Gasteiger partial charge in [-0.25, -0.2) is 8.42 Å². The minimum Gasteiger partial charge on any atom is -0.353 e. The van der Waals surface area contributed by atoms with Crippen LogP contribution in [0.3, 0.4) is 0 Å². The fourth-order valence-corrected chi connectivity index (χ4v) is 2.18. The molecule has 17 heavy (non-hydrogen) atoms. The van der Waals surface area contributed by atoms with Crippen LogP contribution in [-0.4, -0.2) is 26.6 Å². The molecule has 2 rings (SSSR count). The number of carbonyl (C=O) groups is 1. The Bertz CT molecular complexity index is 515. The van der Waals surface area contributed by atoms with E-state index in [4.69, 9.17) is 0 Å². The molecule has 4 nitrogen and oxygen atoms in total. The topological polar surface area (TPSA) is 63.2 Å². The molecule has 1 aliphatic rings. The molecule has 0 heterocycles. The monoisotopic (exact) mass is 253 g/mol. The highest BCUT2D eigenvalue weighted by Crippen LogP contribution is 2.19. The molecule has 1 amide bonds. The van der Waals surface area contributed by atoms with Crippen LogP contribution in [-0.2, 0) is 21.1 Å². The Morgan fingerprint density at radius 3 is 2.35 bits per heavy atom. The zero-order chi connectivity index (χ0) is 12.5. The number of amides is 1. The van der Waals surface area contributed by atoms with Crippen LogP contribution in [0.1, 0.15) is 18.4 Å². The Hall–Kier alpha value is -1.36. The second-order valence-corrected chi connectivity index (χ2v) is 6.45. The number of nitrogens with one attached hydrogen (secondary N) is 1. The quantitative estimate of drug-likeness (QED) is 0.867. The molecule has 1 aromatic carbocycles. The van der Waals surface area contributed by atoms with Crippen LogP contribution in [0.4, 0.5) is 0 Å². The molecule has 0 radical (unpaired) electrons. The second kappa shape index (κ2) is 4.49. The molecule has 0 saturated heterocycles. The summed E-state index contributed by atoms with van der Waals surface area (Å²) in [5.74, 6) is -0.000365. The lowest BCUT2D eigenvalue weighted by Gasteiger charge is -2.04. The Morgan fingerprint density at radius 1 is 1.29 bits per heavy atom. The van der Waals surface area contributed by atoms with Crippen molar-refractivity contribution >= 4 is 15.7 Å². The molecule has 1 saturated carbocycles. The first-order valence-electron chi connectivity index (χ1n) is 5.53. The highest BCUT2D eigenvalue weighted by atomic mass is 32.2. The summed E-state index contributed by atoms with van der Waals surface area (Å²) in [7, 11) is -3.16. The molecule has 0 aliphatic heterocycles. The smallest absolute Gasteiger partial charge is 0.224 e. The normalized spacial score (nSPS) is 15.6. The maximum Gasteiger partial charge on any atom is 0.224 e. The van der Waals surface area contributed by atoms with Gasteiger partial charge in [-0.1, -0.05) is 12.1 Å². The van der Waals surface area contributed by atoms with Gasteiger partial charge in [-0.15, -0.1) is 0 Å². The molecule has 1 aromatic rings. The summed E-state index contributed by atoms with van der Waals surface area (Å²) in [4.78, 5) is 11.8. The summed E-state index contributed by atoms with van der Waals surface area (Å²) in [6.07, 6.45) is 3.61. The standard InChI is InChI=1S/C12H15NO3S/c1-17(15,16)11-6-2-9(3-7-11)8-12(14)13-10-4-5-10/h2-3,6-7,10H,4-5,8H2,1H3,(H,13,14). The Kier molecular flexibility index (Phi) is 3.19. The minimum absolute atomic E-state index is 0.000365. The van der Waals surface area contributed by atoms with Crippen molar-refractivity contribution in [2.24, 2.45) is 0 Å². The van der Waals surface area contributed by atoms with Gasteiger partial charge in [0.15, 0.2) is 9.84 Å². The predicted octanol–water partition coefficient (Wildman–Crippen LogP) is 0.911. The molecule has 1 fully saturated rings. The van der Waals surface area contributed by atoms with Gasteiger partial charge in [0, 0.05) is 12.3 Å². The molecular weight excluding hydrogens is 238 g/mol. The summed E-state index contributed by atoms with van der Waals surface area (Å²) in [6, 6.07) is 6.80. The first kappa shape index (κ1) is 12.1. The van der Waals surface area contributed by atoms with Crippen LogP contribution < -0.4 is 5.32 Å². The SMILES string of the molecule is CS(=O)(=O)c1ccc(CC(=O)NC2CC2)cc1. The molecule has 5 heteroatoms. The van der Waals surface area contributed by atoms with Crippen molar-refractivity contribution in [2.45, 2.75) is 30.2 Å². The first-order chi connectivity index (χ1) is 7.95. The maximum atomic E-state index is 11.5. The van der Waals surface area contributed by atoms with E-state index in [1.807, 2.05) is 0 Å². The second-order valence-electron chi connectivity index (χ2n) is 4.43. The zero-order valence-corrected chi connectivity index (χ0v) is 10.5. The molecule has 1 aliphatic carbocycles. The fraction of sp³-hybridized carbons (Fsp3) is 0.417. The lowest BCUT2D eigenvalue weighted by molar-refractivity contribution is -0.120.